The lowest BCUT2D eigenvalue weighted by Crippen LogP contribution is -2.31. The molecule has 1 aliphatic heterocycles. The van der Waals surface area contributed by atoms with Crippen LogP contribution in [0.4, 0.5) is 0 Å². The van der Waals surface area contributed by atoms with Gasteiger partial charge in [0.1, 0.15) is 17.4 Å². The topological polar surface area (TPSA) is 68.5 Å². The van der Waals surface area contributed by atoms with Crippen LogP contribution in [0.15, 0.2) is 27.3 Å². The molecule has 0 N–H and O–H groups in total. The van der Waals surface area contributed by atoms with Crippen LogP contribution in [0.5, 0.6) is 5.88 Å². The minimum atomic E-state index is -0.0499. The summed E-state index contributed by atoms with van der Waals surface area (Å²) in [7, 11) is 0. The lowest BCUT2D eigenvalue weighted by molar-refractivity contribution is 0.0769. The predicted molar refractivity (Wildman–Crippen MR) is 82.9 cm³/mol. The van der Waals surface area contributed by atoms with Crippen molar-refractivity contribution >= 4 is 21.8 Å². The molecule has 0 radical (unpaired) electrons. The molecule has 0 aromatic carbocycles. The second-order valence-corrected chi connectivity index (χ2v) is 6.21. The molecule has 1 aliphatic rings. The van der Waals surface area contributed by atoms with E-state index in [0.717, 1.165) is 10.9 Å². The Morgan fingerprint density at radius 3 is 2.91 bits per heavy atom. The lowest BCUT2D eigenvalue weighted by atomic mass is 10.2. The van der Waals surface area contributed by atoms with Crippen LogP contribution in [0.2, 0.25) is 0 Å². The summed E-state index contributed by atoms with van der Waals surface area (Å²) in [6.07, 6.45) is 2.43. The molecule has 1 amide bonds. The largest absolute Gasteiger partial charge is 0.472 e. The van der Waals surface area contributed by atoms with Crippen molar-refractivity contribution in [1.29, 1.82) is 0 Å². The quantitative estimate of drug-likeness (QED) is 0.836. The van der Waals surface area contributed by atoms with Gasteiger partial charge in [0.15, 0.2) is 0 Å². The van der Waals surface area contributed by atoms with Crippen LogP contribution in [-0.4, -0.2) is 40.1 Å². The van der Waals surface area contributed by atoms with Crippen LogP contribution < -0.4 is 4.74 Å². The Hall–Kier alpha value is -1.89. The summed E-state index contributed by atoms with van der Waals surface area (Å²) in [5.41, 5.74) is 1.18. The van der Waals surface area contributed by atoms with Gasteiger partial charge in [-0.25, -0.2) is 4.98 Å². The maximum atomic E-state index is 12.5. The van der Waals surface area contributed by atoms with Crippen molar-refractivity contribution in [3.05, 3.63) is 39.8 Å². The van der Waals surface area contributed by atoms with Crippen LogP contribution in [0.3, 0.4) is 0 Å². The lowest BCUT2D eigenvalue weighted by Gasteiger charge is -2.16. The van der Waals surface area contributed by atoms with Crippen molar-refractivity contribution in [2.75, 3.05) is 13.1 Å². The number of pyridine rings is 1. The summed E-state index contributed by atoms with van der Waals surface area (Å²) in [5.74, 6) is 1.08. The fourth-order valence-corrected chi connectivity index (χ4v) is 2.79. The Morgan fingerprint density at radius 2 is 2.27 bits per heavy atom. The number of hydrogen-bond donors (Lipinski definition) is 0. The number of carbonyl (C=O) groups is 1. The van der Waals surface area contributed by atoms with Gasteiger partial charge in [0.05, 0.1) is 12.2 Å². The Morgan fingerprint density at radius 1 is 1.45 bits per heavy atom. The Bertz CT molecular complexity index is 664. The van der Waals surface area contributed by atoms with Crippen molar-refractivity contribution < 1.29 is 14.1 Å². The van der Waals surface area contributed by atoms with E-state index in [1.165, 1.54) is 0 Å². The standard InChI is InChI=1S/C15H16BrN3O3/c1-9-14(10(2)22-18-9)15(20)19-6-5-12(8-19)21-13-4-3-11(16)7-17-13/h3-4,7,12H,5-6,8H2,1-2H3. The van der Waals surface area contributed by atoms with Gasteiger partial charge in [0, 0.05) is 29.7 Å². The molecule has 2 aromatic rings. The first-order valence-corrected chi connectivity index (χ1v) is 7.84. The molecule has 2 aromatic heterocycles. The summed E-state index contributed by atoms with van der Waals surface area (Å²) in [6, 6.07) is 3.69. The number of rotatable bonds is 3. The normalized spacial score (nSPS) is 17.8. The summed E-state index contributed by atoms with van der Waals surface area (Å²) in [6.45, 7) is 4.73. The molecule has 3 heterocycles. The van der Waals surface area contributed by atoms with Gasteiger partial charge in [0.25, 0.3) is 5.91 Å². The zero-order valence-corrected chi connectivity index (χ0v) is 14.0. The number of nitrogens with zero attached hydrogens (tertiary/aromatic N) is 3. The number of ether oxygens (including phenoxy) is 1. The third kappa shape index (κ3) is 2.99. The zero-order valence-electron chi connectivity index (χ0n) is 12.4. The molecule has 1 fully saturated rings. The molecule has 7 heteroatoms. The Balaban J connectivity index is 1.65. The van der Waals surface area contributed by atoms with Crippen LogP contribution in [0, 0.1) is 13.8 Å². The highest BCUT2D eigenvalue weighted by atomic mass is 79.9. The van der Waals surface area contributed by atoms with Crippen LogP contribution in [0.1, 0.15) is 28.2 Å². The van der Waals surface area contributed by atoms with Gasteiger partial charge in [-0.15, -0.1) is 0 Å². The van der Waals surface area contributed by atoms with Crippen LogP contribution in [0.25, 0.3) is 0 Å². The van der Waals surface area contributed by atoms with Gasteiger partial charge in [-0.1, -0.05) is 5.16 Å². The van der Waals surface area contributed by atoms with E-state index in [9.17, 15) is 4.79 Å². The fraction of sp³-hybridized carbons (Fsp3) is 0.400. The molecule has 1 unspecified atom stereocenters. The van der Waals surface area contributed by atoms with Crippen LogP contribution in [-0.2, 0) is 0 Å². The number of likely N-dealkylation sites (tertiary alicyclic amines) is 1. The first-order chi connectivity index (χ1) is 10.5. The first kappa shape index (κ1) is 15.0. The average Bonchev–Trinajstić information content (AvgIpc) is 3.08. The maximum absolute atomic E-state index is 12.5. The van der Waals surface area contributed by atoms with E-state index in [0.29, 0.717) is 36.0 Å². The van der Waals surface area contributed by atoms with Crippen molar-refractivity contribution in [3.8, 4) is 5.88 Å². The van der Waals surface area contributed by atoms with E-state index in [-0.39, 0.29) is 12.0 Å². The summed E-state index contributed by atoms with van der Waals surface area (Å²) in [4.78, 5) is 18.5. The fourth-order valence-electron chi connectivity index (χ4n) is 2.56. The monoisotopic (exact) mass is 365 g/mol. The highest BCUT2D eigenvalue weighted by Crippen LogP contribution is 2.22. The number of hydrogen-bond acceptors (Lipinski definition) is 5. The molecule has 0 spiro atoms. The highest BCUT2D eigenvalue weighted by Gasteiger charge is 2.31. The minimum absolute atomic E-state index is 0.0434. The minimum Gasteiger partial charge on any atom is -0.472 e. The van der Waals surface area contributed by atoms with E-state index in [1.54, 1.807) is 24.9 Å². The molecular formula is C15H16BrN3O3. The van der Waals surface area contributed by atoms with Gasteiger partial charge in [-0.2, -0.15) is 0 Å². The van der Waals surface area contributed by atoms with E-state index in [4.69, 9.17) is 9.26 Å². The molecular weight excluding hydrogens is 350 g/mol. The number of aromatic nitrogens is 2. The van der Waals surface area contributed by atoms with Crippen molar-refractivity contribution in [1.82, 2.24) is 15.0 Å². The van der Waals surface area contributed by atoms with E-state index in [1.807, 2.05) is 12.1 Å². The molecule has 0 aliphatic carbocycles. The zero-order chi connectivity index (χ0) is 15.7. The number of carbonyl (C=O) groups excluding carboxylic acids is 1. The van der Waals surface area contributed by atoms with E-state index < -0.39 is 0 Å². The molecule has 1 saturated heterocycles. The molecule has 116 valence electrons. The van der Waals surface area contributed by atoms with E-state index >= 15 is 0 Å². The summed E-state index contributed by atoms with van der Waals surface area (Å²) < 4.78 is 11.8. The summed E-state index contributed by atoms with van der Waals surface area (Å²) >= 11 is 3.34. The van der Waals surface area contributed by atoms with Gasteiger partial charge < -0.3 is 14.2 Å². The van der Waals surface area contributed by atoms with Gasteiger partial charge in [0.2, 0.25) is 5.88 Å². The second-order valence-electron chi connectivity index (χ2n) is 5.29. The molecule has 6 nitrogen and oxygen atoms in total. The first-order valence-electron chi connectivity index (χ1n) is 7.05. The average molecular weight is 366 g/mol. The van der Waals surface area contributed by atoms with Crippen molar-refractivity contribution in [2.24, 2.45) is 0 Å². The van der Waals surface area contributed by atoms with Crippen molar-refractivity contribution in [2.45, 2.75) is 26.4 Å². The predicted octanol–water partition coefficient (Wildman–Crippen LogP) is 2.74. The molecule has 22 heavy (non-hydrogen) atoms. The molecule has 0 bridgehead atoms. The van der Waals surface area contributed by atoms with Gasteiger partial charge in [-0.05, 0) is 35.8 Å². The molecule has 1 atom stereocenters. The molecule has 3 rings (SSSR count). The number of halogens is 1. The van der Waals surface area contributed by atoms with Gasteiger partial charge in [-0.3, -0.25) is 4.79 Å². The van der Waals surface area contributed by atoms with Gasteiger partial charge >= 0.3 is 0 Å². The van der Waals surface area contributed by atoms with Crippen molar-refractivity contribution in [3.63, 3.8) is 0 Å². The third-order valence-electron chi connectivity index (χ3n) is 3.67. The highest BCUT2D eigenvalue weighted by molar-refractivity contribution is 9.10. The Labute approximate surface area is 136 Å². The third-order valence-corrected chi connectivity index (χ3v) is 4.14. The number of aryl methyl sites for hydroxylation is 2. The SMILES string of the molecule is Cc1noc(C)c1C(=O)N1CCC(Oc2ccc(Br)cn2)C1. The van der Waals surface area contributed by atoms with E-state index in [2.05, 4.69) is 26.1 Å². The maximum Gasteiger partial charge on any atom is 0.259 e. The molecule has 0 saturated carbocycles. The Kier molecular flexibility index (Phi) is 4.15. The second kappa shape index (κ2) is 6.08. The number of amides is 1. The smallest absolute Gasteiger partial charge is 0.259 e. The summed E-state index contributed by atoms with van der Waals surface area (Å²) in [5, 5.41) is 3.84. The van der Waals surface area contributed by atoms with Crippen LogP contribution >= 0.6 is 15.9 Å².